The van der Waals surface area contributed by atoms with Crippen molar-refractivity contribution >= 4 is 5.71 Å². The fraction of sp³-hybridized carbons (Fsp3) is 0.167. The molecule has 0 bridgehead atoms. The molecule has 1 heterocycles. The fourth-order valence-electron chi connectivity index (χ4n) is 2.27. The molecule has 0 aliphatic heterocycles. The van der Waals surface area contributed by atoms with E-state index in [1.807, 2.05) is 24.3 Å². The molecular formula is C18H16FN3O4. The molecule has 134 valence electrons. The lowest BCUT2D eigenvalue weighted by Gasteiger charge is -2.06. The number of hydrogen-bond acceptors (Lipinski definition) is 7. The minimum atomic E-state index is -0.933. The summed E-state index contributed by atoms with van der Waals surface area (Å²) in [4.78, 5) is 9.47. The van der Waals surface area contributed by atoms with Crippen LogP contribution in [0.2, 0.25) is 0 Å². The lowest BCUT2D eigenvalue weighted by atomic mass is 10.1. The zero-order chi connectivity index (χ0) is 18.7. The Morgan fingerprint density at radius 2 is 2.08 bits per heavy atom. The van der Waals surface area contributed by atoms with Crippen LogP contribution in [0.3, 0.4) is 0 Å². The molecule has 0 radical (unpaired) electrons. The van der Waals surface area contributed by atoms with Gasteiger partial charge in [0.15, 0.2) is 17.3 Å². The highest BCUT2D eigenvalue weighted by Crippen LogP contribution is 2.29. The van der Waals surface area contributed by atoms with Gasteiger partial charge in [-0.25, -0.2) is 4.39 Å². The summed E-state index contributed by atoms with van der Waals surface area (Å²) in [6, 6.07) is 9.67. The molecule has 0 saturated heterocycles. The molecule has 0 aliphatic rings. The molecule has 0 atom stereocenters. The second kappa shape index (κ2) is 7.22. The average Bonchev–Trinajstić information content (AvgIpc) is 3.06. The van der Waals surface area contributed by atoms with Gasteiger partial charge in [-0.3, -0.25) is 0 Å². The van der Waals surface area contributed by atoms with Gasteiger partial charge < -0.3 is 19.6 Å². The summed E-state index contributed by atoms with van der Waals surface area (Å²) in [7, 11) is 0. The maximum atomic E-state index is 13.5. The normalized spacial score (nSPS) is 11.6. The molecule has 8 heteroatoms. The van der Waals surface area contributed by atoms with Crippen molar-refractivity contribution in [1.82, 2.24) is 10.1 Å². The number of phenolic OH excluding ortho intramolecular Hbond substituents is 2. The van der Waals surface area contributed by atoms with Gasteiger partial charge in [-0.15, -0.1) is 0 Å². The van der Waals surface area contributed by atoms with E-state index in [0.29, 0.717) is 23.0 Å². The van der Waals surface area contributed by atoms with Gasteiger partial charge in [-0.1, -0.05) is 28.5 Å². The highest BCUT2D eigenvalue weighted by Gasteiger charge is 2.11. The van der Waals surface area contributed by atoms with E-state index in [-0.39, 0.29) is 6.61 Å². The van der Waals surface area contributed by atoms with Crippen LogP contribution in [0.5, 0.6) is 11.5 Å². The van der Waals surface area contributed by atoms with Crippen molar-refractivity contribution < 1.29 is 24.0 Å². The van der Waals surface area contributed by atoms with E-state index in [1.165, 1.54) is 6.07 Å². The summed E-state index contributed by atoms with van der Waals surface area (Å²) >= 11 is 0. The number of aromatic nitrogens is 2. The molecule has 0 saturated carbocycles. The molecule has 0 fully saturated rings. The molecule has 1 aromatic heterocycles. The van der Waals surface area contributed by atoms with Gasteiger partial charge in [0.2, 0.25) is 11.7 Å². The SMILES string of the molecule is C/C(=N\OCc1cccc(-c2noc(C)n2)c1)c1cc(O)c(O)c(F)c1. The minimum Gasteiger partial charge on any atom is -0.504 e. The minimum absolute atomic E-state index is 0.175. The van der Waals surface area contributed by atoms with Crippen LogP contribution in [0.15, 0.2) is 46.1 Å². The number of aromatic hydroxyl groups is 2. The average molecular weight is 357 g/mol. The lowest BCUT2D eigenvalue weighted by Crippen LogP contribution is -1.98. The third kappa shape index (κ3) is 3.80. The Kier molecular flexibility index (Phi) is 4.83. The quantitative estimate of drug-likeness (QED) is 0.411. The third-order valence-corrected chi connectivity index (χ3v) is 3.61. The van der Waals surface area contributed by atoms with Crippen LogP contribution >= 0.6 is 0 Å². The number of oxime groups is 1. The number of phenols is 2. The van der Waals surface area contributed by atoms with E-state index in [4.69, 9.17) is 9.36 Å². The van der Waals surface area contributed by atoms with Crippen LogP contribution in [0, 0.1) is 12.7 Å². The number of hydrogen-bond donors (Lipinski definition) is 2. The monoisotopic (exact) mass is 357 g/mol. The first-order valence-corrected chi connectivity index (χ1v) is 7.72. The van der Waals surface area contributed by atoms with Crippen molar-refractivity contribution in [2.24, 2.45) is 5.16 Å². The van der Waals surface area contributed by atoms with Gasteiger partial charge in [-0.05, 0) is 30.7 Å². The summed E-state index contributed by atoms with van der Waals surface area (Å²) in [6.45, 7) is 3.49. The van der Waals surface area contributed by atoms with E-state index in [2.05, 4.69) is 15.3 Å². The van der Waals surface area contributed by atoms with Gasteiger partial charge in [0.05, 0.1) is 5.71 Å². The van der Waals surface area contributed by atoms with Gasteiger partial charge in [0.1, 0.15) is 6.61 Å². The van der Waals surface area contributed by atoms with Crippen molar-refractivity contribution in [2.45, 2.75) is 20.5 Å². The Bertz CT molecular complexity index is 946. The first kappa shape index (κ1) is 17.4. The zero-order valence-electron chi connectivity index (χ0n) is 14.1. The molecule has 7 nitrogen and oxygen atoms in total. The highest BCUT2D eigenvalue weighted by molar-refractivity contribution is 5.98. The van der Waals surface area contributed by atoms with Crippen LogP contribution < -0.4 is 0 Å². The molecule has 2 aromatic carbocycles. The van der Waals surface area contributed by atoms with Crippen LogP contribution in [0.4, 0.5) is 4.39 Å². The Morgan fingerprint density at radius 1 is 1.27 bits per heavy atom. The molecule has 0 amide bonds. The molecule has 0 spiro atoms. The van der Waals surface area contributed by atoms with E-state index >= 15 is 0 Å². The first-order valence-electron chi connectivity index (χ1n) is 7.72. The largest absolute Gasteiger partial charge is 0.504 e. The first-order chi connectivity index (χ1) is 12.4. The summed E-state index contributed by atoms with van der Waals surface area (Å²) in [5, 5.41) is 26.5. The van der Waals surface area contributed by atoms with Gasteiger partial charge in [0, 0.05) is 18.1 Å². The van der Waals surface area contributed by atoms with Crippen molar-refractivity contribution in [1.29, 1.82) is 0 Å². The van der Waals surface area contributed by atoms with Crippen molar-refractivity contribution in [3.8, 4) is 22.9 Å². The van der Waals surface area contributed by atoms with Gasteiger partial charge in [-0.2, -0.15) is 4.98 Å². The van der Waals surface area contributed by atoms with E-state index < -0.39 is 17.3 Å². The topological polar surface area (TPSA) is 101 Å². The maximum absolute atomic E-state index is 13.5. The molecule has 2 N–H and O–H groups in total. The maximum Gasteiger partial charge on any atom is 0.223 e. The predicted molar refractivity (Wildman–Crippen MR) is 91.2 cm³/mol. The van der Waals surface area contributed by atoms with Crippen LogP contribution in [0.25, 0.3) is 11.4 Å². The summed E-state index contributed by atoms with van der Waals surface area (Å²) < 4.78 is 18.4. The van der Waals surface area contributed by atoms with Gasteiger partial charge >= 0.3 is 0 Å². The van der Waals surface area contributed by atoms with E-state index in [1.54, 1.807) is 13.8 Å². The van der Waals surface area contributed by atoms with E-state index in [9.17, 15) is 14.6 Å². The molecule has 0 aliphatic carbocycles. The second-order valence-corrected chi connectivity index (χ2v) is 5.61. The lowest BCUT2D eigenvalue weighted by molar-refractivity contribution is 0.130. The smallest absolute Gasteiger partial charge is 0.223 e. The number of nitrogens with zero attached hydrogens (tertiary/aromatic N) is 3. The van der Waals surface area contributed by atoms with Crippen molar-refractivity contribution in [3.05, 3.63) is 59.2 Å². The van der Waals surface area contributed by atoms with Crippen molar-refractivity contribution in [2.75, 3.05) is 0 Å². The Hall–Kier alpha value is -3.42. The summed E-state index contributed by atoms with van der Waals surface area (Å²) in [5.41, 5.74) is 2.27. The predicted octanol–water partition coefficient (Wildman–Crippen LogP) is 3.54. The third-order valence-electron chi connectivity index (χ3n) is 3.61. The second-order valence-electron chi connectivity index (χ2n) is 5.61. The van der Waals surface area contributed by atoms with Crippen LogP contribution in [-0.2, 0) is 11.4 Å². The Morgan fingerprint density at radius 3 is 2.77 bits per heavy atom. The standard InChI is InChI=1S/C18H16FN3O4/c1-10(14-7-15(19)17(24)16(23)8-14)21-25-9-12-4-3-5-13(6-12)18-20-11(2)26-22-18/h3-8,23-24H,9H2,1-2H3/b21-10+. The summed E-state index contributed by atoms with van der Waals surface area (Å²) in [5.74, 6) is -1.32. The van der Waals surface area contributed by atoms with Gasteiger partial charge in [0.25, 0.3) is 0 Å². The van der Waals surface area contributed by atoms with Crippen LogP contribution in [-0.4, -0.2) is 26.1 Å². The molecule has 26 heavy (non-hydrogen) atoms. The highest BCUT2D eigenvalue weighted by atomic mass is 19.1. The Balaban J connectivity index is 1.70. The molecule has 0 unspecified atom stereocenters. The molecule has 3 rings (SSSR count). The summed E-state index contributed by atoms with van der Waals surface area (Å²) in [6.07, 6.45) is 0. The number of halogens is 1. The number of rotatable bonds is 5. The molecular weight excluding hydrogens is 341 g/mol. The molecule has 3 aromatic rings. The Labute approximate surface area is 148 Å². The fourth-order valence-corrected chi connectivity index (χ4v) is 2.27. The number of benzene rings is 2. The number of aryl methyl sites for hydroxylation is 1. The van der Waals surface area contributed by atoms with Crippen molar-refractivity contribution in [3.63, 3.8) is 0 Å². The van der Waals surface area contributed by atoms with Crippen LogP contribution in [0.1, 0.15) is 23.9 Å². The van der Waals surface area contributed by atoms with E-state index in [0.717, 1.165) is 17.2 Å². The zero-order valence-corrected chi connectivity index (χ0v) is 14.1.